The summed E-state index contributed by atoms with van der Waals surface area (Å²) in [4.78, 5) is 29.8. The molecule has 39 heavy (non-hydrogen) atoms. The van der Waals surface area contributed by atoms with Crippen molar-refractivity contribution in [3.05, 3.63) is 0 Å². The van der Waals surface area contributed by atoms with Gasteiger partial charge in [0.15, 0.2) is 0 Å². The van der Waals surface area contributed by atoms with E-state index in [2.05, 4.69) is 30.6 Å². The number of carbonyl (C=O) groups excluding carboxylic acids is 1. The van der Waals surface area contributed by atoms with Gasteiger partial charge in [0.05, 0.1) is 5.41 Å². The highest BCUT2D eigenvalue weighted by atomic mass is 16.4. The second-order valence-corrected chi connectivity index (χ2v) is 15.6. The maximum absolute atomic E-state index is 14.4. The fourth-order valence-corrected chi connectivity index (χ4v) is 12.4. The van der Waals surface area contributed by atoms with Crippen molar-refractivity contribution in [2.24, 2.45) is 51.8 Å². The quantitative estimate of drug-likeness (QED) is 0.374. The number of amides is 1. The van der Waals surface area contributed by atoms with Crippen LogP contribution in [0.1, 0.15) is 117 Å². The number of rotatable bonds is 6. The second kappa shape index (κ2) is 10.6. The van der Waals surface area contributed by atoms with Crippen molar-refractivity contribution in [1.82, 2.24) is 9.80 Å². The number of unbranched alkanes of at least 4 members (excludes halogenated alkanes) is 1. The van der Waals surface area contributed by atoms with Crippen LogP contribution in [0.2, 0.25) is 0 Å². The molecule has 1 aliphatic heterocycles. The van der Waals surface area contributed by atoms with E-state index in [1.165, 1.54) is 64.2 Å². The first-order chi connectivity index (χ1) is 18.7. The molecule has 0 aromatic carbocycles. The van der Waals surface area contributed by atoms with Crippen molar-refractivity contribution in [2.75, 3.05) is 32.7 Å². The molecule has 5 saturated carbocycles. The van der Waals surface area contributed by atoms with Crippen molar-refractivity contribution in [1.29, 1.82) is 0 Å². The first-order valence-electron chi connectivity index (χ1n) is 16.9. The zero-order valence-corrected chi connectivity index (χ0v) is 25.3. The van der Waals surface area contributed by atoms with Crippen LogP contribution >= 0.6 is 0 Å². The molecule has 1 heterocycles. The Balaban J connectivity index is 1.12. The Bertz CT molecular complexity index is 929. The van der Waals surface area contributed by atoms with Crippen LogP contribution < -0.4 is 0 Å². The fourth-order valence-electron chi connectivity index (χ4n) is 12.4. The van der Waals surface area contributed by atoms with E-state index in [-0.39, 0.29) is 11.8 Å². The standard InChI is InChI=1S/C34H56N2O3/c1-24-8-6-15-32(2)26(24)13-17-33(3)27-14-18-34(16-7-9-28(34)25(27)11-12-29(32)33)31(39)36-22-20-35(21-23-36)19-5-4-10-30(37)38/h24-29H,4-23H2,1-3H3,(H,37,38). The summed E-state index contributed by atoms with van der Waals surface area (Å²) >= 11 is 0. The molecular weight excluding hydrogens is 484 g/mol. The first-order valence-corrected chi connectivity index (χ1v) is 16.9. The molecule has 9 unspecified atom stereocenters. The van der Waals surface area contributed by atoms with Crippen LogP contribution in [0.5, 0.6) is 0 Å². The molecule has 5 aliphatic carbocycles. The van der Waals surface area contributed by atoms with E-state index in [1.807, 2.05) is 0 Å². The molecule has 1 N–H and O–H groups in total. The molecule has 0 aromatic rings. The number of piperazine rings is 1. The number of carbonyl (C=O) groups is 2. The lowest BCUT2D eigenvalue weighted by Gasteiger charge is -2.67. The van der Waals surface area contributed by atoms with E-state index in [0.717, 1.165) is 88.0 Å². The number of fused-ring (bicyclic) bond motifs is 7. The van der Waals surface area contributed by atoms with Gasteiger partial charge in [0.2, 0.25) is 5.91 Å². The number of aliphatic carboxylic acids is 1. The third-order valence-electron chi connectivity index (χ3n) is 14.1. The third kappa shape index (κ3) is 4.59. The zero-order valence-electron chi connectivity index (χ0n) is 25.3. The second-order valence-electron chi connectivity index (χ2n) is 15.6. The summed E-state index contributed by atoms with van der Waals surface area (Å²) in [6.07, 6.45) is 18.1. The molecule has 0 spiro atoms. The van der Waals surface area contributed by atoms with Gasteiger partial charge in [-0.3, -0.25) is 14.5 Å². The summed E-state index contributed by atoms with van der Waals surface area (Å²) in [5, 5.41) is 8.90. The molecule has 0 aromatic heterocycles. The van der Waals surface area contributed by atoms with Gasteiger partial charge in [0.1, 0.15) is 0 Å². The topological polar surface area (TPSA) is 60.9 Å². The molecule has 0 radical (unpaired) electrons. The molecule has 1 saturated heterocycles. The van der Waals surface area contributed by atoms with Crippen molar-refractivity contribution in [3.8, 4) is 0 Å². The molecule has 220 valence electrons. The lowest BCUT2D eigenvalue weighted by Crippen LogP contribution is -2.62. The summed E-state index contributed by atoms with van der Waals surface area (Å²) in [5.41, 5.74) is 0.951. The van der Waals surface area contributed by atoms with Crippen LogP contribution in [-0.4, -0.2) is 59.5 Å². The molecule has 5 nitrogen and oxygen atoms in total. The Hall–Kier alpha value is -1.10. The molecule has 9 atom stereocenters. The Morgan fingerprint density at radius 3 is 2.26 bits per heavy atom. The molecule has 6 aliphatic rings. The molecule has 0 bridgehead atoms. The fraction of sp³-hybridized carbons (Fsp3) is 0.941. The van der Waals surface area contributed by atoms with Crippen LogP contribution in [0.3, 0.4) is 0 Å². The highest BCUT2D eigenvalue weighted by Crippen LogP contribution is 2.71. The van der Waals surface area contributed by atoms with Gasteiger partial charge in [-0.25, -0.2) is 0 Å². The summed E-state index contributed by atoms with van der Waals surface area (Å²) in [5.74, 6) is 4.76. The van der Waals surface area contributed by atoms with Gasteiger partial charge < -0.3 is 10.0 Å². The van der Waals surface area contributed by atoms with Crippen molar-refractivity contribution >= 4 is 11.9 Å². The van der Waals surface area contributed by atoms with Crippen LogP contribution in [0.4, 0.5) is 0 Å². The van der Waals surface area contributed by atoms with E-state index in [4.69, 9.17) is 5.11 Å². The maximum Gasteiger partial charge on any atom is 0.303 e. The minimum atomic E-state index is -0.696. The summed E-state index contributed by atoms with van der Waals surface area (Å²) < 4.78 is 0. The van der Waals surface area contributed by atoms with Gasteiger partial charge in [-0.1, -0.05) is 40.0 Å². The lowest BCUT2D eigenvalue weighted by molar-refractivity contribution is -0.188. The molecule has 6 fully saturated rings. The summed E-state index contributed by atoms with van der Waals surface area (Å²) in [7, 11) is 0. The molecule has 5 heteroatoms. The number of hydrogen-bond donors (Lipinski definition) is 1. The van der Waals surface area contributed by atoms with Crippen LogP contribution in [0, 0.1) is 51.8 Å². The summed E-state index contributed by atoms with van der Waals surface area (Å²) in [6, 6.07) is 0. The normalized spacial score (nSPS) is 46.1. The third-order valence-corrected chi connectivity index (χ3v) is 14.1. The van der Waals surface area contributed by atoms with Crippen LogP contribution in [0.25, 0.3) is 0 Å². The molecule has 1 amide bonds. The lowest BCUT2D eigenvalue weighted by atomic mass is 9.38. The Labute approximate surface area is 237 Å². The summed E-state index contributed by atoms with van der Waals surface area (Å²) in [6.45, 7) is 12.5. The number of nitrogens with zero attached hydrogens (tertiary/aromatic N) is 2. The minimum absolute atomic E-state index is 0.0749. The predicted molar refractivity (Wildman–Crippen MR) is 155 cm³/mol. The predicted octanol–water partition coefficient (Wildman–Crippen LogP) is 6.85. The van der Waals surface area contributed by atoms with E-state index in [9.17, 15) is 9.59 Å². The number of hydrogen-bond acceptors (Lipinski definition) is 3. The van der Waals surface area contributed by atoms with Gasteiger partial charge in [-0.2, -0.15) is 0 Å². The highest BCUT2D eigenvalue weighted by molar-refractivity contribution is 5.84. The Kier molecular flexibility index (Phi) is 7.64. The smallest absolute Gasteiger partial charge is 0.303 e. The van der Waals surface area contributed by atoms with Gasteiger partial charge in [-0.05, 0) is 124 Å². The number of carboxylic acids is 1. The number of carboxylic acid groups (broad SMARTS) is 1. The minimum Gasteiger partial charge on any atom is -0.481 e. The highest BCUT2D eigenvalue weighted by Gasteiger charge is 2.65. The zero-order chi connectivity index (χ0) is 27.4. The van der Waals surface area contributed by atoms with E-state index in [1.54, 1.807) is 0 Å². The van der Waals surface area contributed by atoms with Crippen molar-refractivity contribution < 1.29 is 14.7 Å². The first kappa shape index (κ1) is 28.0. The van der Waals surface area contributed by atoms with Crippen LogP contribution in [0.15, 0.2) is 0 Å². The van der Waals surface area contributed by atoms with Crippen molar-refractivity contribution in [2.45, 2.75) is 117 Å². The Morgan fingerprint density at radius 2 is 1.49 bits per heavy atom. The van der Waals surface area contributed by atoms with E-state index >= 15 is 0 Å². The molecular formula is C34H56N2O3. The average molecular weight is 541 g/mol. The van der Waals surface area contributed by atoms with Crippen molar-refractivity contribution in [3.63, 3.8) is 0 Å². The largest absolute Gasteiger partial charge is 0.481 e. The van der Waals surface area contributed by atoms with Gasteiger partial charge >= 0.3 is 5.97 Å². The molecule has 6 rings (SSSR count). The van der Waals surface area contributed by atoms with Gasteiger partial charge in [-0.15, -0.1) is 0 Å². The Morgan fingerprint density at radius 1 is 0.769 bits per heavy atom. The van der Waals surface area contributed by atoms with Gasteiger partial charge in [0, 0.05) is 32.6 Å². The SMILES string of the molecule is CC1CCCC2(C)C1CCC1(C)C3CCC4(C(=O)N5CCN(CCCCC(=O)O)CC5)CCCC4C3CCC21. The monoisotopic (exact) mass is 540 g/mol. The maximum atomic E-state index is 14.4. The average Bonchev–Trinajstić information content (AvgIpc) is 3.36. The van der Waals surface area contributed by atoms with E-state index in [0.29, 0.717) is 22.7 Å². The van der Waals surface area contributed by atoms with Crippen LogP contribution in [-0.2, 0) is 9.59 Å². The van der Waals surface area contributed by atoms with Gasteiger partial charge in [0.25, 0.3) is 0 Å². The van der Waals surface area contributed by atoms with E-state index < -0.39 is 5.97 Å².